The maximum atomic E-state index is 13.6. The van der Waals surface area contributed by atoms with E-state index in [1.165, 1.54) is 24.0 Å². The van der Waals surface area contributed by atoms with Crippen LogP contribution in [0, 0.1) is 12.7 Å². The van der Waals surface area contributed by atoms with Gasteiger partial charge in [-0.2, -0.15) is 0 Å². The molecule has 0 aliphatic heterocycles. The topological polar surface area (TPSA) is 66.9 Å². The zero-order valence-electron chi connectivity index (χ0n) is 14.4. The molecule has 1 aromatic heterocycles. The summed E-state index contributed by atoms with van der Waals surface area (Å²) in [5.41, 5.74) is 3.06. The molecule has 0 fully saturated rings. The molecular formula is C20H19FN4O. The highest BCUT2D eigenvalue weighted by Gasteiger charge is 2.08. The standard InChI is InChI=1S/C20H19FN4O/c1-14-5-4-6-15(9-14)10-23-20-24-12-17(13-25-20)19(26)22-11-16-7-2-3-8-18(16)21/h2-9,12-13H,10-11H2,1H3,(H,22,26)(H,23,24,25). The van der Waals surface area contributed by atoms with Crippen molar-refractivity contribution in [3.63, 3.8) is 0 Å². The number of aromatic nitrogens is 2. The van der Waals surface area contributed by atoms with Crippen molar-refractivity contribution in [2.24, 2.45) is 0 Å². The van der Waals surface area contributed by atoms with Gasteiger partial charge < -0.3 is 10.6 Å². The summed E-state index contributed by atoms with van der Waals surface area (Å²) in [5, 5.41) is 5.78. The smallest absolute Gasteiger partial charge is 0.254 e. The van der Waals surface area contributed by atoms with Crippen LogP contribution in [-0.4, -0.2) is 15.9 Å². The summed E-state index contributed by atoms with van der Waals surface area (Å²) in [7, 11) is 0. The lowest BCUT2D eigenvalue weighted by molar-refractivity contribution is 0.0950. The van der Waals surface area contributed by atoms with Gasteiger partial charge in [-0.25, -0.2) is 14.4 Å². The first-order valence-corrected chi connectivity index (χ1v) is 8.25. The van der Waals surface area contributed by atoms with Gasteiger partial charge in [-0.3, -0.25) is 4.79 Å². The number of aryl methyl sites for hydroxylation is 1. The van der Waals surface area contributed by atoms with Crippen LogP contribution in [0.3, 0.4) is 0 Å². The fraction of sp³-hybridized carbons (Fsp3) is 0.150. The number of anilines is 1. The molecule has 0 atom stereocenters. The molecule has 2 N–H and O–H groups in total. The van der Waals surface area contributed by atoms with Gasteiger partial charge in [-0.1, -0.05) is 48.0 Å². The first-order valence-electron chi connectivity index (χ1n) is 8.25. The van der Waals surface area contributed by atoms with E-state index in [2.05, 4.69) is 26.7 Å². The number of hydrogen-bond donors (Lipinski definition) is 2. The second-order valence-corrected chi connectivity index (χ2v) is 5.91. The molecule has 5 nitrogen and oxygen atoms in total. The molecule has 26 heavy (non-hydrogen) atoms. The van der Waals surface area contributed by atoms with E-state index in [0.717, 1.165) is 5.56 Å². The molecular weight excluding hydrogens is 331 g/mol. The van der Waals surface area contributed by atoms with Crippen molar-refractivity contribution in [3.05, 3.63) is 89.0 Å². The number of carbonyl (C=O) groups excluding carboxylic acids is 1. The molecule has 6 heteroatoms. The average Bonchev–Trinajstić information content (AvgIpc) is 2.66. The van der Waals surface area contributed by atoms with Gasteiger partial charge in [0.05, 0.1) is 5.56 Å². The molecule has 0 saturated heterocycles. The van der Waals surface area contributed by atoms with Crippen LogP contribution in [0.4, 0.5) is 10.3 Å². The number of nitrogens with zero attached hydrogens (tertiary/aromatic N) is 2. The third kappa shape index (κ3) is 4.63. The van der Waals surface area contributed by atoms with Gasteiger partial charge in [0, 0.05) is 31.0 Å². The highest BCUT2D eigenvalue weighted by Crippen LogP contribution is 2.08. The number of rotatable bonds is 6. The minimum Gasteiger partial charge on any atom is -0.350 e. The van der Waals surface area contributed by atoms with Crippen molar-refractivity contribution in [1.82, 2.24) is 15.3 Å². The highest BCUT2D eigenvalue weighted by molar-refractivity contribution is 5.93. The lowest BCUT2D eigenvalue weighted by Crippen LogP contribution is -2.23. The minimum atomic E-state index is -0.349. The van der Waals surface area contributed by atoms with Crippen LogP contribution >= 0.6 is 0 Å². The molecule has 0 aliphatic rings. The number of amides is 1. The molecule has 3 aromatic rings. The molecule has 0 spiro atoms. The zero-order valence-corrected chi connectivity index (χ0v) is 14.4. The molecule has 0 bridgehead atoms. The van der Waals surface area contributed by atoms with Gasteiger partial charge in [0.25, 0.3) is 5.91 Å². The Hall–Kier alpha value is -3.28. The van der Waals surface area contributed by atoms with E-state index < -0.39 is 0 Å². The maximum Gasteiger partial charge on any atom is 0.254 e. The quantitative estimate of drug-likeness (QED) is 0.714. The Labute approximate surface area is 151 Å². The van der Waals surface area contributed by atoms with E-state index in [1.807, 2.05) is 25.1 Å². The zero-order chi connectivity index (χ0) is 18.4. The predicted octanol–water partition coefficient (Wildman–Crippen LogP) is 3.47. The number of halogens is 1. The van der Waals surface area contributed by atoms with E-state index in [0.29, 0.717) is 23.6 Å². The van der Waals surface area contributed by atoms with Gasteiger partial charge >= 0.3 is 0 Å². The predicted molar refractivity (Wildman–Crippen MR) is 98.1 cm³/mol. The monoisotopic (exact) mass is 350 g/mol. The van der Waals surface area contributed by atoms with Crippen LogP contribution in [0.1, 0.15) is 27.0 Å². The molecule has 0 unspecified atom stereocenters. The Balaban J connectivity index is 1.55. The maximum absolute atomic E-state index is 13.6. The molecule has 2 aromatic carbocycles. The third-order valence-electron chi connectivity index (χ3n) is 3.84. The number of benzene rings is 2. The van der Waals surface area contributed by atoms with Crippen molar-refractivity contribution in [3.8, 4) is 0 Å². The highest BCUT2D eigenvalue weighted by atomic mass is 19.1. The Morgan fingerprint density at radius 1 is 1.04 bits per heavy atom. The third-order valence-corrected chi connectivity index (χ3v) is 3.84. The molecule has 0 aliphatic carbocycles. The summed E-state index contributed by atoms with van der Waals surface area (Å²) in [6.07, 6.45) is 2.89. The fourth-order valence-corrected chi connectivity index (χ4v) is 2.46. The van der Waals surface area contributed by atoms with Crippen molar-refractivity contribution in [2.45, 2.75) is 20.0 Å². The molecule has 1 heterocycles. The molecule has 3 rings (SSSR count). The first-order chi connectivity index (χ1) is 12.6. The second kappa shape index (κ2) is 8.20. The van der Waals surface area contributed by atoms with Crippen LogP contribution < -0.4 is 10.6 Å². The summed E-state index contributed by atoms with van der Waals surface area (Å²) in [5.74, 6) is -0.254. The van der Waals surface area contributed by atoms with Gasteiger partial charge in [-0.15, -0.1) is 0 Å². The Kier molecular flexibility index (Phi) is 5.53. The van der Waals surface area contributed by atoms with Crippen LogP contribution in [0.25, 0.3) is 0 Å². The Bertz CT molecular complexity index is 896. The van der Waals surface area contributed by atoms with Crippen LogP contribution in [0.15, 0.2) is 60.9 Å². The largest absolute Gasteiger partial charge is 0.350 e. The molecule has 1 amide bonds. The van der Waals surface area contributed by atoms with Crippen LogP contribution in [0.5, 0.6) is 0 Å². The van der Waals surface area contributed by atoms with E-state index in [-0.39, 0.29) is 18.3 Å². The van der Waals surface area contributed by atoms with Crippen molar-refractivity contribution in [2.75, 3.05) is 5.32 Å². The van der Waals surface area contributed by atoms with Crippen molar-refractivity contribution < 1.29 is 9.18 Å². The molecule has 0 radical (unpaired) electrons. The van der Waals surface area contributed by atoms with E-state index >= 15 is 0 Å². The summed E-state index contributed by atoms with van der Waals surface area (Å²) >= 11 is 0. The van der Waals surface area contributed by atoms with Crippen molar-refractivity contribution in [1.29, 1.82) is 0 Å². The summed E-state index contributed by atoms with van der Waals surface area (Å²) in [6, 6.07) is 14.5. The number of hydrogen-bond acceptors (Lipinski definition) is 4. The summed E-state index contributed by atoms with van der Waals surface area (Å²) in [4.78, 5) is 20.4. The normalized spacial score (nSPS) is 10.4. The Morgan fingerprint density at radius 2 is 1.81 bits per heavy atom. The minimum absolute atomic E-state index is 0.110. The van der Waals surface area contributed by atoms with Crippen LogP contribution in [0.2, 0.25) is 0 Å². The second-order valence-electron chi connectivity index (χ2n) is 5.91. The lowest BCUT2D eigenvalue weighted by Gasteiger charge is -2.08. The van der Waals surface area contributed by atoms with Gasteiger partial charge in [0.2, 0.25) is 5.95 Å². The SMILES string of the molecule is Cc1cccc(CNc2ncc(C(=O)NCc3ccccc3F)cn2)c1. The Morgan fingerprint density at radius 3 is 2.54 bits per heavy atom. The molecule has 132 valence electrons. The van der Waals surface area contributed by atoms with Crippen LogP contribution in [-0.2, 0) is 13.1 Å². The van der Waals surface area contributed by atoms with Gasteiger partial charge in [0.1, 0.15) is 5.82 Å². The van der Waals surface area contributed by atoms with Gasteiger partial charge in [0.15, 0.2) is 0 Å². The van der Waals surface area contributed by atoms with E-state index in [9.17, 15) is 9.18 Å². The lowest BCUT2D eigenvalue weighted by atomic mass is 10.1. The van der Waals surface area contributed by atoms with Gasteiger partial charge in [-0.05, 0) is 18.6 Å². The summed E-state index contributed by atoms with van der Waals surface area (Å²) < 4.78 is 13.6. The number of nitrogens with one attached hydrogen (secondary N) is 2. The van der Waals surface area contributed by atoms with Crippen molar-refractivity contribution >= 4 is 11.9 Å². The van der Waals surface area contributed by atoms with E-state index in [4.69, 9.17) is 0 Å². The molecule has 0 saturated carbocycles. The fourth-order valence-electron chi connectivity index (χ4n) is 2.46. The van der Waals surface area contributed by atoms with E-state index in [1.54, 1.807) is 18.2 Å². The first kappa shape index (κ1) is 17.5. The number of carbonyl (C=O) groups is 1. The summed E-state index contributed by atoms with van der Waals surface area (Å²) in [6.45, 7) is 2.74. The average molecular weight is 350 g/mol.